The number of amides is 1. The van der Waals surface area contributed by atoms with Crippen LogP contribution in [0.5, 0.6) is 0 Å². The van der Waals surface area contributed by atoms with Crippen LogP contribution in [0.25, 0.3) is 33.1 Å². The van der Waals surface area contributed by atoms with Gasteiger partial charge in [-0.1, -0.05) is 6.07 Å². The van der Waals surface area contributed by atoms with Crippen molar-refractivity contribution in [3.8, 4) is 11.3 Å². The molecule has 168 valence electrons. The van der Waals surface area contributed by atoms with E-state index in [0.29, 0.717) is 40.6 Å². The number of aliphatic hydroxyl groups excluding tert-OH is 2. The van der Waals surface area contributed by atoms with Crippen molar-refractivity contribution in [2.75, 3.05) is 19.7 Å². The van der Waals surface area contributed by atoms with Crippen LogP contribution in [0, 0.1) is 5.92 Å². The molecule has 2 atom stereocenters. The number of fused-ring (bicyclic) bond motifs is 2. The van der Waals surface area contributed by atoms with Crippen LogP contribution in [0.1, 0.15) is 16.8 Å². The molecule has 3 heterocycles. The van der Waals surface area contributed by atoms with Crippen LogP contribution in [0.4, 0.5) is 0 Å². The average Bonchev–Trinajstić information content (AvgIpc) is 2.85. The van der Waals surface area contributed by atoms with Crippen molar-refractivity contribution in [3.63, 3.8) is 0 Å². The number of carbonyl (C=O) groups excluding carboxylic acids is 1. The molecule has 33 heavy (non-hydrogen) atoms. The number of pyridine rings is 1. The zero-order chi connectivity index (χ0) is 23.1. The molecule has 1 fully saturated rings. The van der Waals surface area contributed by atoms with Gasteiger partial charge in [0.15, 0.2) is 0 Å². The first-order valence-electron chi connectivity index (χ1n) is 10.9. The molecule has 2 aromatic heterocycles. The Kier molecular flexibility index (Phi) is 5.39. The average molecular weight is 444 g/mol. The predicted molar refractivity (Wildman–Crippen MR) is 125 cm³/mol. The van der Waals surface area contributed by atoms with Crippen LogP contribution >= 0.6 is 0 Å². The van der Waals surface area contributed by atoms with E-state index < -0.39 is 6.10 Å². The molecule has 8 heteroatoms. The summed E-state index contributed by atoms with van der Waals surface area (Å²) in [6, 6.07) is 12.6. The number of hydrogen-bond donors (Lipinski definition) is 2. The summed E-state index contributed by atoms with van der Waals surface area (Å²) < 4.78 is 1.54. The molecule has 4 aromatic rings. The maximum Gasteiger partial charge on any atom is 0.258 e. The van der Waals surface area contributed by atoms with Gasteiger partial charge >= 0.3 is 0 Å². The Balaban J connectivity index is 1.47. The Bertz CT molecular complexity index is 1430. The van der Waals surface area contributed by atoms with Crippen LogP contribution in [-0.2, 0) is 7.05 Å². The summed E-state index contributed by atoms with van der Waals surface area (Å²) in [5, 5.41) is 21.0. The second kappa shape index (κ2) is 8.38. The van der Waals surface area contributed by atoms with Crippen molar-refractivity contribution < 1.29 is 15.0 Å². The van der Waals surface area contributed by atoms with Gasteiger partial charge in [-0.2, -0.15) is 0 Å². The summed E-state index contributed by atoms with van der Waals surface area (Å²) >= 11 is 0. The van der Waals surface area contributed by atoms with Gasteiger partial charge in [0, 0.05) is 55.4 Å². The van der Waals surface area contributed by atoms with Crippen LogP contribution in [-0.4, -0.2) is 61.4 Å². The highest BCUT2D eigenvalue weighted by molar-refractivity contribution is 5.97. The van der Waals surface area contributed by atoms with Crippen molar-refractivity contribution in [2.24, 2.45) is 13.0 Å². The van der Waals surface area contributed by atoms with Gasteiger partial charge in [-0.15, -0.1) is 0 Å². The molecule has 1 aliphatic heterocycles. The third-order valence-corrected chi connectivity index (χ3v) is 6.41. The topological polar surface area (TPSA) is 109 Å². The van der Waals surface area contributed by atoms with Crippen LogP contribution in [0.3, 0.4) is 0 Å². The summed E-state index contributed by atoms with van der Waals surface area (Å²) in [4.78, 5) is 36.2. The number of benzene rings is 2. The first-order valence-corrected chi connectivity index (χ1v) is 10.9. The number of likely N-dealkylation sites (tertiary alicyclic amines) is 1. The lowest BCUT2D eigenvalue weighted by Crippen LogP contribution is -2.47. The number of β-amino-alcohol motifs (C(OH)–C–C–N with tert-alkyl or cyclic N) is 1. The molecule has 0 bridgehead atoms. The molecule has 0 unspecified atom stereocenters. The molecular formula is C25H24N4O4. The Hall–Kier alpha value is -3.62. The molecule has 2 aromatic carbocycles. The highest BCUT2D eigenvalue weighted by atomic mass is 16.3. The first kappa shape index (κ1) is 21.2. The Morgan fingerprint density at radius 3 is 2.79 bits per heavy atom. The van der Waals surface area contributed by atoms with E-state index in [-0.39, 0.29) is 30.5 Å². The molecule has 0 aliphatic carbocycles. The molecular weight excluding hydrogens is 420 g/mol. The monoisotopic (exact) mass is 444 g/mol. The van der Waals surface area contributed by atoms with E-state index in [1.54, 1.807) is 53.2 Å². The molecule has 2 N–H and O–H groups in total. The number of aryl methyl sites for hydroxylation is 1. The second-order valence-electron chi connectivity index (χ2n) is 8.54. The summed E-state index contributed by atoms with van der Waals surface area (Å²) in [7, 11) is 1.72. The second-order valence-corrected chi connectivity index (χ2v) is 8.54. The summed E-state index contributed by atoms with van der Waals surface area (Å²) in [5.41, 5.74) is 3.16. The SMILES string of the molecule is Cn1ccc2cc(-c3cnc4ccc(C(=O)N5CC[C@@H](CO)[C@@H](O)C5)cc4n3)ccc2c1=O. The number of rotatable bonds is 3. The van der Waals surface area contributed by atoms with Crippen LogP contribution in [0.2, 0.25) is 0 Å². The van der Waals surface area contributed by atoms with E-state index in [2.05, 4.69) is 4.98 Å². The van der Waals surface area contributed by atoms with Gasteiger partial charge < -0.3 is 19.7 Å². The standard InChI is InChI=1S/C25H24N4O4/c1-28-8-6-15-10-16(2-4-19(15)25(28)33)22-12-26-20-5-3-17(11-21(20)27-22)24(32)29-9-7-18(14-30)23(31)13-29/h2-6,8,10-12,18,23,30-31H,7,9,13-14H2,1H3/t18-,23-/m0/s1. The largest absolute Gasteiger partial charge is 0.396 e. The van der Waals surface area contributed by atoms with Gasteiger partial charge in [-0.05, 0) is 48.2 Å². The molecule has 1 amide bonds. The lowest BCUT2D eigenvalue weighted by Gasteiger charge is -2.35. The van der Waals surface area contributed by atoms with Gasteiger partial charge in [0.2, 0.25) is 0 Å². The third kappa shape index (κ3) is 3.88. The predicted octanol–water partition coefficient (Wildman–Crippen LogP) is 1.96. The zero-order valence-electron chi connectivity index (χ0n) is 18.2. The molecule has 0 spiro atoms. The zero-order valence-corrected chi connectivity index (χ0v) is 18.2. The maximum atomic E-state index is 13.0. The summed E-state index contributed by atoms with van der Waals surface area (Å²) in [5.74, 6) is -0.373. The van der Waals surface area contributed by atoms with E-state index in [0.717, 1.165) is 10.9 Å². The van der Waals surface area contributed by atoms with E-state index in [1.165, 1.54) is 0 Å². The summed E-state index contributed by atoms with van der Waals surface area (Å²) in [6.45, 7) is 0.604. The Labute approximate surface area is 189 Å². The number of aromatic nitrogens is 3. The smallest absolute Gasteiger partial charge is 0.258 e. The minimum atomic E-state index is -0.732. The fraction of sp³-hybridized carbons (Fsp3) is 0.280. The Morgan fingerprint density at radius 2 is 2.00 bits per heavy atom. The lowest BCUT2D eigenvalue weighted by atomic mass is 9.94. The van der Waals surface area contributed by atoms with Crippen molar-refractivity contribution in [2.45, 2.75) is 12.5 Å². The summed E-state index contributed by atoms with van der Waals surface area (Å²) in [6.07, 6.45) is 3.25. The minimum Gasteiger partial charge on any atom is -0.396 e. The number of hydrogen-bond acceptors (Lipinski definition) is 6. The van der Waals surface area contributed by atoms with E-state index in [9.17, 15) is 19.8 Å². The van der Waals surface area contributed by atoms with Gasteiger partial charge in [0.05, 0.1) is 29.0 Å². The molecule has 5 rings (SSSR count). The minimum absolute atomic E-state index is 0.0556. The number of carbonyl (C=O) groups is 1. The van der Waals surface area contributed by atoms with E-state index in [1.807, 2.05) is 18.2 Å². The van der Waals surface area contributed by atoms with E-state index in [4.69, 9.17) is 4.98 Å². The Morgan fingerprint density at radius 1 is 1.15 bits per heavy atom. The van der Waals surface area contributed by atoms with Crippen LogP contribution in [0.15, 0.2) is 59.7 Å². The third-order valence-electron chi connectivity index (χ3n) is 6.41. The fourth-order valence-corrected chi connectivity index (χ4v) is 4.35. The molecule has 0 saturated carbocycles. The van der Waals surface area contributed by atoms with Gasteiger partial charge in [-0.25, -0.2) is 4.98 Å². The quantitative estimate of drug-likeness (QED) is 0.500. The normalized spacial score (nSPS) is 18.7. The molecule has 0 radical (unpaired) electrons. The van der Waals surface area contributed by atoms with Crippen molar-refractivity contribution in [3.05, 3.63) is 70.8 Å². The van der Waals surface area contributed by atoms with Crippen molar-refractivity contribution in [1.82, 2.24) is 19.4 Å². The molecule has 1 aliphatic rings. The lowest BCUT2D eigenvalue weighted by molar-refractivity contribution is 0.000883. The fourth-order valence-electron chi connectivity index (χ4n) is 4.35. The number of nitrogens with zero attached hydrogens (tertiary/aromatic N) is 4. The van der Waals surface area contributed by atoms with Crippen LogP contribution < -0.4 is 5.56 Å². The van der Waals surface area contributed by atoms with E-state index >= 15 is 0 Å². The van der Waals surface area contributed by atoms with Gasteiger partial charge in [0.1, 0.15) is 0 Å². The first-order chi connectivity index (χ1) is 15.9. The van der Waals surface area contributed by atoms with Gasteiger partial charge in [-0.3, -0.25) is 14.6 Å². The molecule has 8 nitrogen and oxygen atoms in total. The molecule has 1 saturated heterocycles. The highest BCUT2D eigenvalue weighted by Crippen LogP contribution is 2.24. The van der Waals surface area contributed by atoms with Crippen molar-refractivity contribution in [1.29, 1.82) is 0 Å². The number of piperidine rings is 1. The number of aliphatic hydroxyl groups is 2. The van der Waals surface area contributed by atoms with Gasteiger partial charge in [0.25, 0.3) is 11.5 Å². The van der Waals surface area contributed by atoms with Crippen molar-refractivity contribution >= 4 is 27.7 Å². The maximum absolute atomic E-state index is 13.0. The highest BCUT2D eigenvalue weighted by Gasteiger charge is 2.30.